The van der Waals surface area contributed by atoms with Crippen LogP contribution < -0.4 is 9.62 Å². The first-order chi connectivity index (χ1) is 17.6. The minimum Gasteiger partial charge on any atom is -0.353 e. The molecule has 0 atom stereocenters. The van der Waals surface area contributed by atoms with Gasteiger partial charge in [-0.05, 0) is 42.3 Å². The SMILES string of the molecule is Cc1ccccc1S(=O)(=O)Nc1cncc(-c2ccc3ncc(N4CCN(S(C)(=O)=O)CC4)nc3c2)c1. The Bertz CT molecular complexity index is 1680. The van der Waals surface area contributed by atoms with Crippen LogP contribution in [0.15, 0.2) is 72.0 Å². The summed E-state index contributed by atoms with van der Waals surface area (Å²) in [6.07, 6.45) is 6.04. The van der Waals surface area contributed by atoms with Crippen LogP contribution >= 0.6 is 0 Å². The van der Waals surface area contributed by atoms with Gasteiger partial charge in [0.1, 0.15) is 5.82 Å². The van der Waals surface area contributed by atoms with Crippen LogP contribution in [0.2, 0.25) is 0 Å². The molecule has 192 valence electrons. The molecule has 0 spiro atoms. The molecule has 5 rings (SSSR count). The van der Waals surface area contributed by atoms with Gasteiger partial charge in [-0.1, -0.05) is 24.3 Å². The first-order valence-corrected chi connectivity index (χ1v) is 14.9. The summed E-state index contributed by atoms with van der Waals surface area (Å²) >= 11 is 0. The second-order valence-electron chi connectivity index (χ2n) is 8.91. The smallest absolute Gasteiger partial charge is 0.262 e. The Kier molecular flexibility index (Phi) is 6.56. The number of aromatic nitrogens is 3. The zero-order valence-corrected chi connectivity index (χ0v) is 22.0. The molecule has 1 aliphatic heterocycles. The Labute approximate surface area is 216 Å². The van der Waals surface area contributed by atoms with Crippen LogP contribution in [0, 0.1) is 6.92 Å². The van der Waals surface area contributed by atoms with Crippen molar-refractivity contribution >= 4 is 42.6 Å². The Morgan fingerprint density at radius 1 is 0.838 bits per heavy atom. The van der Waals surface area contributed by atoms with E-state index >= 15 is 0 Å². The fourth-order valence-corrected chi connectivity index (χ4v) is 6.41. The molecule has 2 aromatic heterocycles. The summed E-state index contributed by atoms with van der Waals surface area (Å²) in [4.78, 5) is 15.8. The lowest BCUT2D eigenvalue weighted by Gasteiger charge is -2.33. The highest BCUT2D eigenvalue weighted by atomic mass is 32.2. The van der Waals surface area contributed by atoms with Crippen LogP contribution in [-0.4, -0.2) is 68.5 Å². The number of hydrogen-bond acceptors (Lipinski definition) is 8. The van der Waals surface area contributed by atoms with E-state index in [1.165, 1.54) is 16.8 Å². The first-order valence-electron chi connectivity index (χ1n) is 11.6. The normalized spacial score (nSPS) is 15.1. The van der Waals surface area contributed by atoms with Gasteiger partial charge in [-0.25, -0.2) is 21.8 Å². The molecule has 1 aliphatic rings. The summed E-state index contributed by atoms with van der Waals surface area (Å²) in [6, 6.07) is 14.1. The number of hydrogen-bond donors (Lipinski definition) is 1. The van der Waals surface area contributed by atoms with Gasteiger partial charge in [0.25, 0.3) is 10.0 Å². The molecule has 4 aromatic rings. The van der Waals surface area contributed by atoms with Crippen molar-refractivity contribution in [1.29, 1.82) is 0 Å². The topological polar surface area (TPSA) is 125 Å². The van der Waals surface area contributed by atoms with Crippen molar-refractivity contribution in [2.24, 2.45) is 0 Å². The zero-order valence-electron chi connectivity index (χ0n) is 20.4. The summed E-state index contributed by atoms with van der Waals surface area (Å²) in [5.41, 5.74) is 3.93. The minimum absolute atomic E-state index is 0.214. The predicted molar refractivity (Wildman–Crippen MR) is 143 cm³/mol. The Morgan fingerprint density at radius 2 is 1.59 bits per heavy atom. The third-order valence-corrected chi connectivity index (χ3v) is 9.11. The maximum absolute atomic E-state index is 12.9. The van der Waals surface area contributed by atoms with Gasteiger partial charge in [0, 0.05) is 37.9 Å². The summed E-state index contributed by atoms with van der Waals surface area (Å²) in [5.74, 6) is 0.677. The average Bonchev–Trinajstić information content (AvgIpc) is 2.87. The number of sulfonamides is 2. The lowest BCUT2D eigenvalue weighted by atomic mass is 10.1. The molecule has 3 heterocycles. The van der Waals surface area contributed by atoms with Crippen molar-refractivity contribution in [2.45, 2.75) is 11.8 Å². The first kappa shape index (κ1) is 25.1. The third kappa shape index (κ3) is 5.41. The molecule has 0 amide bonds. The van der Waals surface area contributed by atoms with Crippen LogP contribution in [0.3, 0.4) is 0 Å². The van der Waals surface area contributed by atoms with Crippen LogP contribution in [-0.2, 0) is 20.0 Å². The zero-order chi connectivity index (χ0) is 26.2. The van der Waals surface area contributed by atoms with Gasteiger partial charge in [0.15, 0.2) is 0 Å². The molecule has 1 N–H and O–H groups in total. The van der Waals surface area contributed by atoms with Crippen molar-refractivity contribution in [3.05, 3.63) is 72.7 Å². The van der Waals surface area contributed by atoms with E-state index in [4.69, 9.17) is 4.98 Å². The summed E-state index contributed by atoms with van der Waals surface area (Å²) in [5, 5.41) is 0. The van der Waals surface area contributed by atoms with Gasteiger partial charge in [0.05, 0.1) is 40.3 Å². The maximum Gasteiger partial charge on any atom is 0.262 e. The van der Waals surface area contributed by atoms with Crippen molar-refractivity contribution < 1.29 is 16.8 Å². The molecule has 2 aromatic carbocycles. The van der Waals surface area contributed by atoms with E-state index in [9.17, 15) is 16.8 Å². The number of nitrogens with zero attached hydrogens (tertiary/aromatic N) is 5. The second-order valence-corrected chi connectivity index (χ2v) is 12.5. The number of fused-ring (bicyclic) bond motifs is 1. The molecule has 0 bridgehead atoms. The molecular formula is C25H26N6O4S2. The molecule has 0 aliphatic carbocycles. The van der Waals surface area contributed by atoms with E-state index in [2.05, 4.69) is 14.7 Å². The highest BCUT2D eigenvalue weighted by molar-refractivity contribution is 7.92. The molecule has 37 heavy (non-hydrogen) atoms. The summed E-state index contributed by atoms with van der Waals surface area (Å²) in [7, 11) is -6.98. The number of rotatable bonds is 6. The second kappa shape index (κ2) is 9.69. The van der Waals surface area contributed by atoms with E-state index in [1.807, 2.05) is 23.1 Å². The van der Waals surface area contributed by atoms with E-state index in [0.717, 1.165) is 11.1 Å². The predicted octanol–water partition coefficient (Wildman–Crippen LogP) is 2.88. The average molecular weight is 539 g/mol. The van der Waals surface area contributed by atoms with Gasteiger partial charge >= 0.3 is 0 Å². The van der Waals surface area contributed by atoms with E-state index in [-0.39, 0.29) is 4.90 Å². The molecular weight excluding hydrogens is 512 g/mol. The van der Waals surface area contributed by atoms with Gasteiger partial charge in [-0.15, -0.1) is 0 Å². The highest BCUT2D eigenvalue weighted by Crippen LogP contribution is 2.27. The van der Waals surface area contributed by atoms with Crippen molar-refractivity contribution in [1.82, 2.24) is 19.3 Å². The number of benzene rings is 2. The Balaban J connectivity index is 1.40. The number of anilines is 2. The molecule has 0 radical (unpaired) electrons. The monoisotopic (exact) mass is 538 g/mol. The van der Waals surface area contributed by atoms with E-state index in [0.29, 0.717) is 54.3 Å². The minimum atomic E-state index is -3.77. The van der Waals surface area contributed by atoms with Gasteiger partial charge in [-0.3, -0.25) is 14.7 Å². The van der Waals surface area contributed by atoms with Crippen LogP contribution in [0.4, 0.5) is 11.5 Å². The molecule has 1 fully saturated rings. The number of piperazine rings is 1. The van der Waals surface area contributed by atoms with Crippen LogP contribution in [0.5, 0.6) is 0 Å². The Morgan fingerprint density at radius 3 is 2.32 bits per heavy atom. The third-order valence-electron chi connectivity index (χ3n) is 6.27. The van der Waals surface area contributed by atoms with Crippen molar-refractivity contribution in [3.63, 3.8) is 0 Å². The van der Waals surface area contributed by atoms with Gasteiger partial charge < -0.3 is 4.90 Å². The van der Waals surface area contributed by atoms with Crippen LogP contribution in [0.25, 0.3) is 22.2 Å². The quantitative estimate of drug-likeness (QED) is 0.397. The standard InChI is InChI=1S/C25H26N6O4S2/c1-18-5-3-4-6-24(18)37(34,35)29-21-13-20(15-26-16-21)19-7-8-22-23(14-19)28-25(17-27-22)30-9-11-31(12-10-30)36(2,32)33/h3-8,13-17,29H,9-12H2,1-2H3. The van der Waals surface area contributed by atoms with Crippen molar-refractivity contribution in [2.75, 3.05) is 42.1 Å². The molecule has 12 heteroatoms. The lowest BCUT2D eigenvalue weighted by molar-refractivity contribution is 0.387. The molecule has 1 saturated heterocycles. The number of aryl methyl sites for hydroxylation is 1. The van der Waals surface area contributed by atoms with Gasteiger partial charge in [0.2, 0.25) is 10.0 Å². The summed E-state index contributed by atoms with van der Waals surface area (Å²) in [6.45, 7) is 3.60. The molecule has 0 unspecified atom stereocenters. The summed E-state index contributed by atoms with van der Waals surface area (Å²) < 4.78 is 53.5. The Hall–Kier alpha value is -3.61. The fourth-order valence-electron chi connectivity index (χ4n) is 4.30. The lowest BCUT2D eigenvalue weighted by Crippen LogP contribution is -2.48. The number of nitrogens with one attached hydrogen (secondary N) is 1. The molecule has 0 saturated carbocycles. The van der Waals surface area contributed by atoms with E-state index in [1.54, 1.807) is 49.6 Å². The largest absolute Gasteiger partial charge is 0.353 e. The fraction of sp³-hybridized carbons (Fsp3) is 0.240. The maximum atomic E-state index is 12.9. The number of pyridine rings is 1. The highest BCUT2D eigenvalue weighted by Gasteiger charge is 2.24. The molecule has 10 nitrogen and oxygen atoms in total. The van der Waals surface area contributed by atoms with Crippen LogP contribution in [0.1, 0.15) is 5.56 Å². The van der Waals surface area contributed by atoms with E-state index < -0.39 is 20.0 Å². The van der Waals surface area contributed by atoms with Gasteiger partial charge in [-0.2, -0.15) is 4.31 Å². The van der Waals surface area contributed by atoms with Crippen molar-refractivity contribution in [3.8, 4) is 11.1 Å².